The number of amides is 1. The van der Waals surface area contributed by atoms with Crippen molar-refractivity contribution < 1.29 is 14.3 Å². The Morgan fingerprint density at radius 3 is 2.33 bits per heavy atom. The molecule has 5 nitrogen and oxygen atoms in total. The van der Waals surface area contributed by atoms with Crippen molar-refractivity contribution in [2.45, 2.75) is 81.7 Å². The van der Waals surface area contributed by atoms with Crippen LogP contribution in [0.15, 0.2) is 30.3 Å². The van der Waals surface area contributed by atoms with Gasteiger partial charge >= 0.3 is 5.97 Å². The molecule has 0 aromatic heterocycles. The summed E-state index contributed by atoms with van der Waals surface area (Å²) in [4.78, 5) is 26.8. The molecule has 0 saturated heterocycles. The zero-order valence-electron chi connectivity index (χ0n) is 18.0. The Bertz CT molecular complexity index is 834. The van der Waals surface area contributed by atoms with Gasteiger partial charge in [0.05, 0.1) is 17.9 Å². The summed E-state index contributed by atoms with van der Waals surface area (Å²) in [6.07, 6.45) is 8.98. The Morgan fingerprint density at radius 2 is 1.63 bits per heavy atom. The largest absolute Gasteiger partial charge is 0.469 e. The first-order valence-corrected chi connectivity index (χ1v) is 11.6. The summed E-state index contributed by atoms with van der Waals surface area (Å²) in [6, 6.07) is 11.1. The maximum Gasteiger partial charge on any atom is 0.311 e. The third-order valence-electron chi connectivity index (χ3n) is 8.66. The smallest absolute Gasteiger partial charge is 0.311 e. The minimum absolute atomic E-state index is 0.110. The van der Waals surface area contributed by atoms with E-state index in [0.29, 0.717) is 12.3 Å². The van der Waals surface area contributed by atoms with Crippen molar-refractivity contribution >= 4 is 11.9 Å². The molecule has 1 aromatic carbocycles. The molecule has 5 aliphatic carbocycles. The number of nitrogens with one attached hydrogen (secondary N) is 1. The summed E-state index contributed by atoms with van der Waals surface area (Å²) in [6.45, 7) is 0. The molecule has 4 atom stereocenters. The van der Waals surface area contributed by atoms with Gasteiger partial charge in [-0.1, -0.05) is 30.3 Å². The lowest BCUT2D eigenvalue weighted by atomic mass is 9.38. The highest BCUT2D eigenvalue weighted by molar-refractivity contribution is 5.87. The molecule has 0 heterocycles. The summed E-state index contributed by atoms with van der Waals surface area (Å²) in [7, 11) is 1.49. The number of benzene rings is 1. The first-order chi connectivity index (χ1) is 14.4. The summed E-state index contributed by atoms with van der Waals surface area (Å²) >= 11 is 0. The Morgan fingerprint density at radius 1 is 0.967 bits per heavy atom. The molecule has 1 amide bonds. The Balaban J connectivity index is 1.49. The van der Waals surface area contributed by atoms with E-state index in [1.807, 2.05) is 6.07 Å². The minimum atomic E-state index is -0.531. The number of carbonyl (C=O) groups is 2. The molecule has 0 spiro atoms. The van der Waals surface area contributed by atoms with E-state index in [9.17, 15) is 9.59 Å². The number of hydrogen-bond donors (Lipinski definition) is 2. The van der Waals surface area contributed by atoms with E-state index in [1.54, 1.807) is 0 Å². The molecule has 4 unspecified atom stereocenters. The van der Waals surface area contributed by atoms with Crippen molar-refractivity contribution in [1.29, 1.82) is 0 Å². The molecule has 5 heteroatoms. The second-order valence-corrected chi connectivity index (χ2v) is 10.8. The number of hydrogen-bond acceptors (Lipinski definition) is 4. The Kier molecular flexibility index (Phi) is 4.73. The number of ether oxygens (including phenoxy) is 1. The third-order valence-corrected chi connectivity index (χ3v) is 8.66. The van der Waals surface area contributed by atoms with Crippen LogP contribution in [0.4, 0.5) is 0 Å². The molecule has 4 bridgehead atoms. The van der Waals surface area contributed by atoms with Gasteiger partial charge in [-0.15, -0.1) is 0 Å². The molecule has 162 valence electrons. The number of esters is 1. The van der Waals surface area contributed by atoms with Crippen LogP contribution in [0.3, 0.4) is 0 Å². The van der Waals surface area contributed by atoms with Crippen LogP contribution in [0.1, 0.15) is 69.8 Å². The van der Waals surface area contributed by atoms with Crippen molar-refractivity contribution in [1.82, 2.24) is 5.32 Å². The summed E-state index contributed by atoms with van der Waals surface area (Å²) in [5, 5.41) is 3.39. The van der Waals surface area contributed by atoms with Crippen LogP contribution >= 0.6 is 0 Å². The number of rotatable bonds is 4. The van der Waals surface area contributed by atoms with Crippen LogP contribution in [0.2, 0.25) is 0 Å². The molecule has 0 aliphatic heterocycles. The fraction of sp³-hybridized carbons (Fsp3) is 0.680. The molecule has 5 aliphatic rings. The summed E-state index contributed by atoms with van der Waals surface area (Å²) < 4.78 is 5.32. The molecule has 5 fully saturated rings. The van der Waals surface area contributed by atoms with Crippen molar-refractivity contribution in [2.75, 3.05) is 7.11 Å². The average molecular weight is 411 g/mol. The second kappa shape index (κ2) is 7.08. The maximum atomic E-state index is 13.8. The SMILES string of the molecule is COC(=O)C12CC3CC(C(=O)NC4CCC(N)CC4)(C1)CC(c1ccccc1)(C3)C2. The number of methoxy groups -OCH3 is 1. The van der Waals surface area contributed by atoms with Crippen molar-refractivity contribution in [2.24, 2.45) is 22.5 Å². The van der Waals surface area contributed by atoms with Crippen LogP contribution in [0.5, 0.6) is 0 Å². The zero-order valence-corrected chi connectivity index (χ0v) is 18.0. The predicted octanol–water partition coefficient (Wildman–Crippen LogP) is 3.45. The van der Waals surface area contributed by atoms with E-state index in [1.165, 1.54) is 12.7 Å². The topological polar surface area (TPSA) is 81.4 Å². The first-order valence-electron chi connectivity index (χ1n) is 11.6. The van der Waals surface area contributed by atoms with Gasteiger partial charge in [-0.05, 0) is 81.1 Å². The molecule has 5 saturated carbocycles. The van der Waals surface area contributed by atoms with E-state index in [0.717, 1.165) is 57.8 Å². The minimum Gasteiger partial charge on any atom is -0.469 e. The quantitative estimate of drug-likeness (QED) is 0.745. The van der Waals surface area contributed by atoms with Crippen LogP contribution in [0, 0.1) is 16.7 Å². The highest BCUT2D eigenvalue weighted by atomic mass is 16.5. The highest BCUT2D eigenvalue weighted by Gasteiger charge is 2.68. The van der Waals surface area contributed by atoms with E-state index >= 15 is 0 Å². The van der Waals surface area contributed by atoms with Gasteiger partial charge in [0.25, 0.3) is 0 Å². The van der Waals surface area contributed by atoms with Gasteiger partial charge in [0.1, 0.15) is 0 Å². The molecule has 1 aromatic rings. The Labute approximate surface area is 179 Å². The van der Waals surface area contributed by atoms with Crippen molar-refractivity contribution in [3.05, 3.63) is 35.9 Å². The first kappa shape index (κ1) is 20.0. The van der Waals surface area contributed by atoms with E-state index in [2.05, 4.69) is 29.6 Å². The lowest BCUT2D eigenvalue weighted by Gasteiger charge is -2.65. The van der Waals surface area contributed by atoms with E-state index < -0.39 is 10.8 Å². The van der Waals surface area contributed by atoms with E-state index in [-0.39, 0.29) is 29.4 Å². The number of nitrogens with two attached hydrogens (primary N) is 1. The average Bonchev–Trinajstić information content (AvgIpc) is 2.74. The molecule has 0 radical (unpaired) electrons. The van der Waals surface area contributed by atoms with Gasteiger partial charge in [-0.25, -0.2) is 0 Å². The van der Waals surface area contributed by atoms with E-state index in [4.69, 9.17) is 10.5 Å². The summed E-state index contributed by atoms with van der Waals surface area (Å²) in [5.74, 6) is 0.444. The van der Waals surface area contributed by atoms with Gasteiger partial charge in [-0.3, -0.25) is 9.59 Å². The van der Waals surface area contributed by atoms with Gasteiger partial charge < -0.3 is 15.8 Å². The normalized spacial score (nSPS) is 42.0. The number of carbonyl (C=O) groups excluding carboxylic acids is 2. The monoisotopic (exact) mass is 410 g/mol. The lowest BCUT2D eigenvalue weighted by molar-refractivity contribution is -0.186. The standard InChI is InChI=1S/C25H34N2O3/c1-30-22(29)25-13-17-11-23(15-25,18-5-3-2-4-6-18)14-24(12-17,16-25)21(28)27-20-9-7-19(26)8-10-20/h2-6,17,19-20H,7-16,26H2,1H3,(H,27,28). The van der Waals surface area contributed by atoms with Crippen LogP contribution < -0.4 is 11.1 Å². The molecular formula is C25H34N2O3. The van der Waals surface area contributed by atoms with Crippen LogP contribution in [-0.4, -0.2) is 31.1 Å². The second-order valence-electron chi connectivity index (χ2n) is 10.8. The highest BCUT2D eigenvalue weighted by Crippen LogP contribution is 2.70. The maximum absolute atomic E-state index is 13.8. The predicted molar refractivity (Wildman–Crippen MR) is 115 cm³/mol. The van der Waals surface area contributed by atoms with Gasteiger partial charge in [0, 0.05) is 12.1 Å². The molecule has 30 heavy (non-hydrogen) atoms. The lowest BCUT2D eigenvalue weighted by Crippen LogP contribution is -2.65. The van der Waals surface area contributed by atoms with Crippen LogP contribution in [-0.2, 0) is 19.7 Å². The van der Waals surface area contributed by atoms with Gasteiger partial charge in [-0.2, -0.15) is 0 Å². The molecule has 6 rings (SSSR count). The fourth-order valence-corrected chi connectivity index (χ4v) is 7.85. The van der Waals surface area contributed by atoms with Gasteiger partial charge in [0.15, 0.2) is 0 Å². The van der Waals surface area contributed by atoms with Crippen molar-refractivity contribution in [3.8, 4) is 0 Å². The molecule has 3 N–H and O–H groups in total. The fourth-order valence-electron chi connectivity index (χ4n) is 7.85. The van der Waals surface area contributed by atoms with Crippen molar-refractivity contribution in [3.63, 3.8) is 0 Å². The zero-order chi connectivity index (χ0) is 21.0. The van der Waals surface area contributed by atoms with Gasteiger partial charge in [0.2, 0.25) is 5.91 Å². The molecular weight excluding hydrogens is 376 g/mol. The summed E-state index contributed by atoms with van der Waals surface area (Å²) in [5.41, 5.74) is 6.23. The van der Waals surface area contributed by atoms with Crippen LogP contribution in [0.25, 0.3) is 0 Å². The Hall–Kier alpha value is -1.88. The third kappa shape index (κ3) is 3.08.